The highest BCUT2D eigenvalue weighted by Gasteiger charge is 2.23. The molecular weight excluding hydrogens is 398 g/mol. The number of aromatic nitrogens is 1. The van der Waals surface area contributed by atoms with Crippen LogP contribution in [0.15, 0.2) is 53.9 Å². The summed E-state index contributed by atoms with van der Waals surface area (Å²) in [7, 11) is 3.16. The predicted octanol–water partition coefficient (Wildman–Crippen LogP) is 3.79. The summed E-state index contributed by atoms with van der Waals surface area (Å²) in [6.45, 7) is 3.86. The molecule has 0 atom stereocenters. The van der Waals surface area contributed by atoms with Gasteiger partial charge in [0.15, 0.2) is 11.5 Å². The number of hydrogen-bond donors (Lipinski definition) is 0. The molecule has 7 heteroatoms. The third-order valence-electron chi connectivity index (χ3n) is 5.25. The Labute approximate surface area is 180 Å². The van der Waals surface area contributed by atoms with Gasteiger partial charge >= 0.3 is 0 Å². The molecule has 0 saturated carbocycles. The van der Waals surface area contributed by atoms with Gasteiger partial charge in [0.2, 0.25) is 0 Å². The van der Waals surface area contributed by atoms with E-state index in [-0.39, 0.29) is 5.91 Å². The maximum atomic E-state index is 12.9. The molecule has 6 nitrogen and oxygen atoms in total. The lowest BCUT2D eigenvalue weighted by atomic mass is 10.1. The number of carbonyl (C=O) groups excluding carboxylic acids is 1. The van der Waals surface area contributed by atoms with Crippen LogP contribution in [0, 0.1) is 0 Å². The maximum Gasteiger partial charge on any atom is 0.254 e. The lowest BCUT2D eigenvalue weighted by molar-refractivity contribution is 0.0627. The quantitative estimate of drug-likeness (QED) is 0.604. The lowest BCUT2D eigenvalue weighted by Gasteiger charge is -2.34. The van der Waals surface area contributed by atoms with E-state index in [4.69, 9.17) is 14.5 Å². The Kier molecular flexibility index (Phi) is 6.30. The molecule has 0 radical (unpaired) electrons. The van der Waals surface area contributed by atoms with Gasteiger partial charge < -0.3 is 14.4 Å². The Hall–Kier alpha value is -2.90. The molecule has 1 amide bonds. The molecule has 30 heavy (non-hydrogen) atoms. The minimum atomic E-state index is 0.0237. The highest BCUT2D eigenvalue weighted by Crippen LogP contribution is 2.28. The molecule has 0 N–H and O–H groups in total. The molecule has 0 aliphatic carbocycles. The van der Waals surface area contributed by atoms with E-state index < -0.39 is 0 Å². The second kappa shape index (κ2) is 9.28. The van der Waals surface area contributed by atoms with E-state index in [2.05, 4.69) is 22.4 Å². The largest absolute Gasteiger partial charge is 0.493 e. The van der Waals surface area contributed by atoms with Gasteiger partial charge in [-0.2, -0.15) is 0 Å². The van der Waals surface area contributed by atoms with Gasteiger partial charge in [-0.15, -0.1) is 11.3 Å². The third-order valence-corrected chi connectivity index (χ3v) is 6.19. The summed E-state index contributed by atoms with van der Waals surface area (Å²) in [5.74, 6) is 1.22. The maximum absolute atomic E-state index is 12.9. The minimum absolute atomic E-state index is 0.0237. The Morgan fingerprint density at radius 1 is 1.00 bits per heavy atom. The number of methoxy groups -OCH3 is 2. The first-order valence-corrected chi connectivity index (χ1v) is 10.8. The molecule has 1 saturated heterocycles. The molecule has 1 fully saturated rings. The smallest absolute Gasteiger partial charge is 0.254 e. The van der Waals surface area contributed by atoms with Crippen molar-refractivity contribution in [1.82, 2.24) is 14.8 Å². The van der Waals surface area contributed by atoms with Gasteiger partial charge in [-0.1, -0.05) is 30.3 Å². The summed E-state index contributed by atoms with van der Waals surface area (Å²) in [6.07, 6.45) is 0. The van der Waals surface area contributed by atoms with Crippen LogP contribution in [0.3, 0.4) is 0 Å². The number of amides is 1. The molecule has 0 unspecified atom stereocenters. The lowest BCUT2D eigenvalue weighted by Crippen LogP contribution is -2.48. The zero-order valence-corrected chi connectivity index (χ0v) is 18.0. The summed E-state index contributed by atoms with van der Waals surface area (Å²) in [6, 6.07) is 15.6. The zero-order chi connectivity index (χ0) is 20.9. The van der Waals surface area contributed by atoms with Crippen molar-refractivity contribution in [2.75, 3.05) is 40.4 Å². The number of hydrogen-bond acceptors (Lipinski definition) is 6. The van der Waals surface area contributed by atoms with E-state index in [0.717, 1.165) is 35.9 Å². The van der Waals surface area contributed by atoms with Gasteiger partial charge in [0.1, 0.15) is 5.01 Å². The highest BCUT2D eigenvalue weighted by molar-refractivity contribution is 7.13. The summed E-state index contributed by atoms with van der Waals surface area (Å²) in [4.78, 5) is 21.9. The van der Waals surface area contributed by atoms with E-state index in [1.807, 2.05) is 23.1 Å². The average Bonchev–Trinajstić information content (AvgIpc) is 3.27. The molecule has 156 valence electrons. The number of carbonyl (C=O) groups is 1. The van der Waals surface area contributed by atoms with Crippen molar-refractivity contribution in [3.05, 3.63) is 65.2 Å². The molecule has 3 aromatic rings. The van der Waals surface area contributed by atoms with Gasteiger partial charge in [-0.25, -0.2) is 4.98 Å². The van der Waals surface area contributed by atoms with Crippen LogP contribution in [0.4, 0.5) is 0 Å². The summed E-state index contributed by atoms with van der Waals surface area (Å²) in [5.41, 5.74) is 2.85. The Morgan fingerprint density at radius 2 is 1.73 bits per heavy atom. The first-order chi connectivity index (χ1) is 14.7. The van der Waals surface area contributed by atoms with Gasteiger partial charge in [0, 0.05) is 49.2 Å². The molecule has 0 bridgehead atoms. The molecular formula is C23H25N3O3S. The Bertz CT molecular complexity index is 998. The number of ether oxygens (including phenoxy) is 2. The fourth-order valence-corrected chi connectivity index (χ4v) is 4.40. The molecule has 1 aliphatic heterocycles. The van der Waals surface area contributed by atoms with Gasteiger partial charge in [-0.3, -0.25) is 9.69 Å². The number of thiazole rings is 1. The first-order valence-electron chi connectivity index (χ1n) is 9.91. The van der Waals surface area contributed by atoms with Crippen molar-refractivity contribution in [2.45, 2.75) is 6.54 Å². The van der Waals surface area contributed by atoms with Crippen molar-refractivity contribution < 1.29 is 14.3 Å². The van der Waals surface area contributed by atoms with Gasteiger partial charge in [0.25, 0.3) is 5.91 Å². The summed E-state index contributed by atoms with van der Waals surface area (Å²) >= 11 is 1.68. The fourth-order valence-electron chi connectivity index (χ4n) is 3.58. The molecule has 0 spiro atoms. The van der Waals surface area contributed by atoms with Crippen molar-refractivity contribution >= 4 is 17.2 Å². The van der Waals surface area contributed by atoms with Gasteiger partial charge in [-0.05, 0) is 18.2 Å². The molecule has 4 rings (SSSR count). The van der Waals surface area contributed by atoms with E-state index in [9.17, 15) is 4.79 Å². The van der Waals surface area contributed by atoms with Crippen LogP contribution < -0.4 is 9.47 Å². The average molecular weight is 424 g/mol. The SMILES string of the molecule is COc1ccc(C(=O)N2CCN(Cc3csc(-c4ccccc4)n3)CC2)cc1OC. The molecule has 2 aromatic carbocycles. The van der Waals surface area contributed by atoms with E-state index >= 15 is 0 Å². The summed E-state index contributed by atoms with van der Waals surface area (Å²) in [5, 5.41) is 3.18. The highest BCUT2D eigenvalue weighted by atomic mass is 32.1. The number of rotatable bonds is 6. The molecule has 1 aromatic heterocycles. The first kappa shape index (κ1) is 20.4. The second-order valence-electron chi connectivity index (χ2n) is 7.15. The van der Waals surface area contributed by atoms with Crippen molar-refractivity contribution in [3.63, 3.8) is 0 Å². The standard InChI is InChI=1S/C23H25N3O3S/c1-28-20-9-8-18(14-21(20)29-2)23(27)26-12-10-25(11-13-26)15-19-16-30-22(24-19)17-6-4-3-5-7-17/h3-9,14,16H,10-13,15H2,1-2H3. The van der Waals surface area contributed by atoms with Gasteiger partial charge in [0.05, 0.1) is 19.9 Å². The number of nitrogens with zero attached hydrogens (tertiary/aromatic N) is 3. The summed E-state index contributed by atoms with van der Waals surface area (Å²) < 4.78 is 10.6. The van der Waals surface area contributed by atoms with Crippen molar-refractivity contribution in [2.24, 2.45) is 0 Å². The van der Waals surface area contributed by atoms with E-state index in [1.165, 1.54) is 0 Å². The van der Waals surface area contributed by atoms with E-state index in [0.29, 0.717) is 30.2 Å². The van der Waals surface area contributed by atoms with Crippen LogP contribution in [0.1, 0.15) is 16.1 Å². The zero-order valence-electron chi connectivity index (χ0n) is 17.2. The van der Waals surface area contributed by atoms with Crippen LogP contribution in [-0.2, 0) is 6.54 Å². The molecule has 2 heterocycles. The number of benzene rings is 2. The predicted molar refractivity (Wildman–Crippen MR) is 118 cm³/mol. The third kappa shape index (κ3) is 4.47. The van der Waals surface area contributed by atoms with Crippen LogP contribution in [0.5, 0.6) is 11.5 Å². The van der Waals surface area contributed by atoms with Crippen molar-refractivity contribution in [3.8, 4) is 22.1 Å². The normalized spacial score (nSPS) is 14.5. The number of piperazine rings is 1. The monoisotopic (exact) mass is 423 g/mol. The molecule has 1 aliphatic rings. The van der Waals surface area contributed by atoms with Crippen molar-refractivity contribution in [1.29, 1.82) is 0 Å². The van der Waals surface area contributed by atoms with Crippen LogP contribution in [0.25, 0.3) is 10.6 Å². The fraction of sp³-hybridized carbons (Fsp3) is 0.304. The van der Waals surface area contributed by atoms with Crippen LogP contribution in [0.2, 0.25) is 0 Å². The van der Waals surface area contributed by atoms with E-state index in [1.54, 1.807) is 43.8 Å². The minimum Gasteiger partial charge on any atom is -0.493 e. The topological polar surface area (TPSA) is 54.9 Å². The Morgan fingerprint density at radius 3 is 2.43 bits per heavy atom. The Balaban J connectivity index is 1.34. The van der Waals surface area contributed by atoms with Crippen LogP contribution in [-0.4, -0.2) is 61.1 Å². The van der Waals surface area contributed by atoms with Crippen LogP contribution >= 0.6 is 11.3 Å². The second-order valence-corrected chi connectivity index (χ2v) is 8.01.